The van der Waals surface area contributed by atoms with Gasteiger partial charge in [0.05, 0.1) is 6.61 Å². The standard InChI is InChI=1S/C13H21N3O2/c1-13(2,3)12(17)14-11-7-10(15-16-11)9-5-4-6-18-8-9/h7,9H,4-6,8H2,1-3H3,(H2,14,15,16,17). The van der Waals surface area contributed by atoms with Crippen LogP contribution in [0, 0.1) is 5.41 Å². The Labute approximate surface area is 107 Å². The van der Waals surface area contributed by atoms with Gasteiger partial charge in [-0.3, -0.25) is 9.89 Å². The molecule has 5 heteroatoms. The van der Waals surface area contributed by atoms with Crippen LogP contribution in [0.25, 0.3) is 0 Å². The Morgan fingerprint density at radius 2 is 2.33 bits per heavy atom. The van der Waals surface area contributed by atoms with Crippen molar-refractivity contribution in [2.75, 3.05) is 18.5 Å². The molecule has 0 saturated carbocycles. The lowest BCUT2D eigenvalue weighted by Crippen LogP contribution is -2.27. The second kappa shape index (κ2) is 5.10. The first kappa shape index (κ1) is 13.1. The van der Waals surface area contributed by atoms with E-state index >= 15 is 0 Å². The van der Waals surface area contributed by atoms with Crippen molar-refractivity contribution in [3.05, 3.63) is 11.8 Å². The SMILES string of the molecule is CC(C)(C)C(=O)Nc1cc(C2CCCOC2)[nH]n1. The molecule has 1 atom stereocenters. The van der Waals surface area contributed by atoms with Crippen LogP contribution in [-0.4, -0.2) is 29.3 Å². The Hall–Kier alpha value is -1.36. The van der Waals surface area contributed by atoms with Crippen molar-refractivity contribution < 1.29 is 9.53 Å². The fourth-order valence-corrected chi connectivity index (χ4v) is 1.90. The minimum atomic E-state index is -0.410. The molecule has 0 aliphatic carbocycles. The lowest BCUT2D eigenvalue weighted by atomic mass is 9.95. The van der Waals surface area contributed by atoms with Crippen LogP contribution in [0.15, 0.2) is 6.07 Å². The van der Waals surface area contributed by atoms with Gasteiger partial charge in [-0.15, -0.1) is 0 Å². The fourth-order valence-electron chi connectivity index (χ4n) is 1.90. The number of aromatic nitrogens is 2. The van der Waals surface area contributed by atoms with Crippen LogP contribution in [0.2, 0.25) is 0 Å². The van der Waals surface area contributed by atoms with Crippen molar-refractivity contribution in [2.24, 2.45) is 5.41 Å². The average molecular weight is 251 g/mol. The molecular weight excluding hydrogens is 230 g/mol. The number of amides is 1. The lowest BCUT2D eigenvalue weighted by molar-refractivity contribution is -0.123. The third-order valence-corrected chi connectivity index (χ3v) is 3.12. The Bertz CT molecular complexity index is 414. The summed E-state index contributed by atoms with van der Waals surface area (Å²) < 4.78 is 5.45. The molecule has 100 valence electrons. The molecule has 1 fully saturated rings. The highest BCUT2D eigenvalue weighted by Gasteiger charge is 2.23. The van der Waals surface area contributed by atoms with E-state index in [0.29, 0.717) is 11.7 Å². The number of nitrogens with one attached hydrogen (secondary N) is 2. The molecule has 0 spiro atoms. The highest BCUT2D eigenvalue weighted by molar-refractivity contribution is 5.93. The maximum absolute atomic E-state index is 11.8. The first-order valence-electron chi connectivity index (χ1n) is 6.41. The molecule has 5 nitrogen and oxygen atoms in total. The molecule has 0 aromatic carbocycles. The summed E-state index contributed by atoms with van der Waals surface area (Å²) in [7, 11) is 0. The molecule has 1 unspecified atom stereocenters. The highest BCUT2D eigenvalue weighted by Crippen LogP contribution is 2.25. The number of anilines is 1. The topological polar surface area (TPSA) is 67.0 Å². The number of hydrogen-bond donors (Lipinski definition) is 2. The zero-order valence-corrected chi connectivity index (χ0v) is 11.2. The van der Waals surface area contributed by atoms with Crippen molar-refractivity contribution in [1.82, 2.24) is 10.2 Å². The van der Waals surface area contributed by atoms with Crippen molar-refractivity contribution in [2.45, 2.75) is 39.5 Å². The normalized spacial score (nSPS) is 20.7. The van der Waals surface area contributed by atoms with Gasteiger partial charge in [0, 0.05) is 29.7 Å². The second-order valence-corrected chi connectivity index (χ2v) is 5.83. The van der Waals surface area contributed by atoms with Gasteiger partial charge in [-0.1, -0.05) is 20.8 Å². The number of nitrogens with zero attached hydrogens (tertiary/aromatic N) is 1. The van der Waals surface area contributed by atoms with E-state index in [1.165, 1.54) is 0 Å². The molecule has 1 aliphatic rings. The predicted molar refractivity (Wildman–Crippen MR) is 69.5 cm³/mol. The second-order valence-electron chi connectivity index (χ2n) is 5.83. The van der Waals surface area contributed by atoms with E-state index in [-0.39, 0.29) is 5.91 Å². The summed E-state index contributed by atoms with van der Waals surface area (Å²) in [6.07, 6.45) is 2.18. The van der Waals surface area contributed by atoms with Crippen LogP contribution in [0.4, 0.5) is 5.82 Å². The number of carbonyl (C=O) groups is 1. The maximum atomic E-state index is 11.8. The molecule has 0 radical (unpaired) electrons. The number of rotatable bonds is 2. The molecule has 2 heterocycles. The molecule has 1 aromatic rings. The van der Waals surface area contributed by atoms with Gasteiger partial charge >= 0.3 is 0 Å². The molecule has 1 aromatic heterocycles. The van der Waals surface area contributed by atoms with Crippen molar-refractivity contribution in [1.29, 1.82) is 0 Å². The van der Waals surface area contributed by atoms with Gasteiger partial charge in [-0.05, 0) is 12.8 Å². The smallest absolute Gasteiger partial charge is 0.230 e. The molecule has 0 bridgehead atoms. The monoisotopic (exact) mass is 251 g/mol. The van der Waals surface area contributed by atoms with E-state index in [2.05, 4.69) is 15.5 Å². The molecule has 18 heavy (non-hydrogen) atoms. The summed E-state index contributed by atoms with van der Waals surface area (Å²) in [5, 5.41) is 9.94. The van der Waals surface area contributed by atoms with Crippen LogP contribution < -0.4 is 5.32 Å². The van der Waals surface area contributed by atoms with Gasteiger partial charge in [0.25, 0.3) is 0 Å². The Morgan fingerprint density at radius 3 is 2.94 bits per heavy atom. The zero-order chi connectivity index (χ0) is 13.2. The quantitative estimate of drug-likeness (QED) is 0.847. The summed E-state index contributed by atoms with van der Waals surface area (Å²) in [4.78, 5) is 11.8. The van der Waals surface area contributed by atoms with Gasteiger partial charge in [0.1, 0.15) is 0 Å². The number of hydrogen-bond acceptors (Lipinski definition) is 3. The van der Waals surface area contributed by atoms with Crippen LogP contribution in [-0.2, 0) is 9.53 Å². The molecular formula is C13H21N3O2. The number of carbonyl (C=O) groups excluding carboxylic acids is 1. The number of aromatic amines is 1. The highest BCUT2D eigenvalue weighted by atomic mass is 16.5. The number of ether oxygens (including phenoxy) is 1. The summed E-state index contributed by atoms with van der Waals surface area (Å²) in [5.74, 6) is 0.933. The van der Waals surface area contributed by atoms with Gasteiger partial charge in [-0.2, -0.15) is 5.10 Å². The maximum Gasteiger partial charge on any atom is 0.230 e. The van der Waals surface area contributed by atoms with Crippen molar-refractivity contribution in [3.8, 4) is 0 Å². The summed E-state index contributed by atoms with van der Waals surface area (Å²) >= 11 is 0. The fraction of sp³-hybridized carbons (Fsp3) is 0.692. The van der Waals surface area contributed by atoms with Gasteiger partial charge in [-0.25, -0.2) is 0 Å². The molecule has 1 saturated heterocycles. The van der Waals surface area contributed by atoms with Gasteiger partial charge < -0.3 is 10.1 Å². The summed E-state index contributed by atoms with van der Waals surface area (Å²) in [5.41, 5.74) is 0.631. The van der Waals surface area contributed by atoms with E-state index in [1.54, 1.807) is 0 Å². The Morgan fingerprint density at radius 1 is 1.56 bits per heavy atom. The first-order chi connectivity index (χ1) is 8.47. The van der Waals surface area contributed by atoms with E-state index in [4.69, 9.17) is 4.74 Å². The Balaban J connectivity index is 1.99. The largest absolute Gasteiger partial charge is 0.381 e. The number of H-pyrrole nitrogens is 1. The van der Waals surface area contributed by atoms with Crippen molar-refractivity contribution in [3.63, 3.8) is 0 Å². The van der Waals surface area contributed by atoms with E-state index in [0.717, 1.165) is 31.7 Å². The minimum absolute atomic E-state index is 0.0274. The molecule has 1 aliphatic heterocycles. The summed E-state index contributed by atoms with van der Waals surface area (Å²) in [6, 6.07) is 1.91. The van der Waals surface area contributed by atoms with Crippen LogP contribution in [0.1, 0.15) is 45.2 Å². The van der Waals surface area contributed by atoms with Gasteiger partial charge in [0.15, 0.2) is 5.82 Å². The van der Waals surface area contributed by atoms with Crippen LogP contribution in [0.5, 0.6) is 0 Å². The predicted octanol–water partition coefficient (Wildman–Crippen LogP) is 2.29. The van der Waals surface area contributed by atoms with Gasteiger partial charge in [0.2, 0.25) is 5.91 Å². The minimum Gasteiger partial charge on any atom is -0.381 e. The third kappa shape index (κ3) is 3.10. The average Bonchev–Trinajstić information content (AvgIpc) is 2.77. The lowest BCUT2D eigenvalue weighted by Gasteiger charge is -2.20. The first-order valence-corrected chi connectivity index (χ1v) is 6.41. The molecule has 1 amide bonds. The van der Waals surface area contributed by atoms with E-state index < -0.39 is 5.41 Å². The zero-order valence-electron chi connectivity index (χ0n) is 11.2. The third-order valence-electron chi connectivity index (χ3n) is 3.12. The van der Waals surface area contributed by atoms with E-state index in [9.17, 15) is 4.79 Å². The molecule has 2 rings (SSSR count). The van der Waals surface area contributed by atoms with Crippen LogP contribution >= 0.6 is 0 Å². The summed E-state index contributed by atoms with van der Waals surface area (Å²) in [6.45, 7) is 7.22. The van der Waals surface area contributed by atoms with Crippen LogP contribution in [0.3, 0.4) is 0 Å². The van der Waals surface area contributed by atoms with E-state index in [1.807, 2.05) is 26.8 Å². The molecule has 2 N–H and O–H groups in total. The van der Waals surface area contributed by atoms with Crippen molar-refractivity contribution >= 4 is 11.7 Å². The Kier molecular flexibility index (Phi) is 3.71.